The highest BCUT2D eigenvalue weighted by Gasteiger charge is 2.25. The van der Waals surface area contributed by atoms with E-state index in [4.69, 9.17) is 4.98 Å². The zero-order valence-electron chi connectivity index (χ0n) is 13.2. The molecule has 4 rings (SSSR count). The number of amides is 1. The second-order valence-corrected chi connectivity index (χ2v) is 6.99. The van der Waals surface area contributed by atoms with Crippen molar-refractivity contribution in [1.82, 2.24) is 19.9 Å². The molecule has 1 aliphatic heterocycles. The number of piperidine rings is 1. The van der Waals surface area contributed by atoms with Crippen molar-refractivity contribution in [3.63, 3.8) is 0 Å². The lowest BCUT2D eigenvalue weighted by molar-refractivity contribution is -0.117. The van der Waals surface area contributed by atoms with Crippen molar-refractivity contribution in [2.75, 3.05) is 25.0 Å². The Morgan fingerprint density at radius 1 is 1.42 bits per heavy atom. The summed E-state index contributed by atoms with van der Waals surface area (Å²) in [5.41, 5.74) is 2.08. The fraction of sp³-hybridized carbons (Fsp3) is 0.353. The molecular formula is C17H19N5OS. The summed E-state index contributed by atoms with van der Waals surface area (Å²) in [6.45, 7) is 2.20. The number of carbonyl (C=O) groups excluding carboxylic acids is 1. The van der Waals surface area contributed by atoms with Crippen molar-refractivity contribution in [2.45, 2.75) is 18.8 Å². The van der Waals surface area contributed by atoms with Gasteiger partial charge in [0.15, 0.2) is 5.13 Å². The molecule has 124 valence electrons. The van der Waals surface area contributed by atoms with Gasteiger partial charge < -0.3 is 10.3 Å². The fourth-order valence-electron chi connectivity index (χ4n) is 3.24. The number of H-pyrrole nitrogens is 1. The van der Waals surface area contributed by atoms with Crippen LogP contribution in [0.15, 0.2) is 35.8 Å². The predicted octanol–water partition coefficient (Wildman–Crippen LogP) is 2.84. The summed E-state index contributed by atoms with van der Waals surface area (Å²) in [6.07, 6.45) is 3.87. The number of carbonyl (C=O) groups is 1. The van der Waals surface area contributed by atoms with E-state index in [1.807, 2.05) is 29.6 Å². The van der Waals surface area contributed by atoms with E-state index in [-0.39, 0.29) is 5.91 Å². The van der Waals surface area contributed by atoms with Gasteiger partial charge in [-0.25, -0.2) is 9.97 Å². The van der Waals surface area contributed by atoms with Crippen LogP contribution in [0.25, 0.3) is 11.0 Å². The van der Waals surface area contributed by atoms with Crippen molar-refractivity contribution in [1.29, 1.82) is 0 Å². The summed E-state index contributed by atoms with van der Waals surface area (Å²) < 4.78 is 0. The van der Waals surface area contributed by atoms with Crippen molar-refractivity contribution in [2.24, 2.45) is 0 Å². The summed E-state index contributed by atoms with van der Waals surface area (Å²) in [7, 11) is 0. The van der Waals surface area contributed by atoms with Crippen LogP contribution in [0.3, 0.4) is 0 Å². The van der Waals surface area contributed by atoms with Crippen LogP contribution >= 0.6 is 11.3 Å². The normalized spacial score (nSPS) is 18.8. The summed E-state index contributed by atoms with van der Waals surface area (Å²) in [5.74, 6) is 1.37. The quantitative estimate of drug-likeness (QED) is 0.765. The van der Waals surface area contributed by atoms with Crippen LogP contribution < -0.4 is 5.32 Å². The largest absolute Gasteiger partial charge is 0.342 e. The highest BCUT2D eigenvalue weighted by atomic mass is 32.1. The zero-order valence-corrected chi connectivity index (χ0v) is 14.1. The van der Waals surface area contributed by atoms with Gasteiger partial charge in [0.1, 0.15) is 5.82 Å². The number of aromatic amines is 1. The second-order valence-electron chi connectivity index (χ2n) is 6.10. The molecule has 0 radical (unpaired) electrons. The minimum atomic E-state index is -0.00444. The Morgan fingerprint density at radius 3 is 3.17 bits per heavy atom. The minimum Gasteiger partial charge on any atom is -0.342 e. The molecule has 24 heavy (non-hydrogen) atoms. The molecule has 1 fully saturated rings. The van der Waals surface area contributed by atoms with Crippen molar-refractivity contribution < 1.29 is 4.79 Å². The number of hydrogen-bond acceptors (Lipinski definition) is 5. The van der Waals surface area contributed by atoms with E-state index >= 15 is 0 Å². The van der Waals surface area contributed by atoms with Gasteiger partial charge in [-0.3, -0.25) is 9.69 Å². The number of nitrogens with one attached hydrogen (secondary N) is 2. The molecule has 7 heteroatoms. The standard InChI is InChI=1S/C17H19N5OS/c23-15(21-17-18-7-9-24-17)11-22-8-3-4-12(10-22)16-19-13-5-1-2-6-14(13)20-16/h1-2,5-7,9,12H,3-4,8,10-11H2,(H,19,20)(H,18,21,23). The molecule has 2 N–H and O–H groups in total. The van der Waals surface area contributed by atoms with Gasteiger partial charge in [-0.2, -0.15) is 0 Å². The van der Waals surface area contributed by atoms with Gasteiger partial charge in [0.25, 0.3) is 0 Å². The minimum absolute atomic E-state index is 0.00444. The maximum absolute atomic E-state index is 12.2. The van der Waals surface area contributed by atoms with E-state index in [1.54, 1.807) is 6.20 Å². The molecule has 3 heterocycles. The Morgan fingerprint density at radius 2 is 2.33 bits per heavy atom. The second kappa shape index (κ2) is 6.70. The molecule has 0 spiro atoms. The number of fused-ring (bicyclic) bond motifs is 1. The third-order valence-corrected chi connectivity index (χ3v) is 5.03. The summed E-state index contributed by atoms with van der Waals surface area (Å²) >= 11 is 1.44. The Bertz CT molecular complexity index is 796. The Balaban J connectivity index is 1.40. The average molecular weight is 341 g/mol. The molecule has 1 saturated heterocycles. The van der Waals surface area contributed by atoms with E-state index in [0.29, 0.717) is 17.6 Å². The molecule has 1 amide bonds. The zero-order chi connectivity index (χ0) is 16.4. The maximum atomic E-state index is 12.2. The number of rotatable bonds is 4. The molecule has 1 aliphatic rings. The van der Waals surface area contributed by atoms with Gasteiger partial charge >= 0.3 is 0 Å². The van der Waals surface area contributed by atoms with Crippen LogP contribution in [0.2, 0.25) is 0 Å². The van der Waals surface area contributed by atoms with Crippen molar-refractivity contribution in [3.05, 3.63) is 41.7 Å². The number of nitrogens with zero attached hydrogens (tertiary/aromatic N) is 3. The van der Waals surface area contributed by atoms with Gasteiger partial charge in [0.2, 0.25) is 5.91 Å². The average Bonchev–Trinajstić information content (AvgIpc) is 3.24. The summed E-state index contributed by atoms with van der Waals surface area (Å²) in [4.78, 5) is 26.6. The third kappa shape index (κ3) is 3.32. The highest BCUT2D eigenvalue weighted by Crippen LogP contribution is 2.26. The monoisotopic (exact) mass is 341 g/mol. The van der Waals surface area contributed by atoms with Gasteiger partial charge in [-0.15, -0.1) is 11.3 Å². The van der Waals surface area contributed by atoms with Crippen molar-refractivity contribution >= 4 is 33.4 Å². The SMILES string of the molecule is O=C(CN1CCCC(c2nc3ccccc3[nH]2)C1)Nc1nccs1. The maximum Gasteiger partial charge on any atom is 0.240 e. The first-order chi connectivity index (χ1) is 11.8. The van der Waals surface area contributed by atoms with Crippen molar-refractivity contribution in [3.8, 4) is 0 Å². The Hall–Kier alpha value is -2.25. The molecule has 2 aromatic heterocycles. The molecular weight excluding hydrogens is 322 g/mol. The van der Waals surface area contributed by atoms with Crippen LogP contribution in [0, 0.1) is 0 Å². The van der Waals surface area contributed by atoms with E-state index in [0.717, 1.165) is 42.8 Å². The molecule has 1 atom stereocenters. The number of anilines is 1. The van der Waals surface area contributed by atoms with E-state index < -0.39 is 0 Å². The van der Waals surface area contributed by atoms with Crippen LogP contribution in [0.5, 0.6) is 0 Å². The Labute approximate surface area is 143 Å². The molecule has 1 aromatic carbocycles. The lowest BCUT2D eigenvalue weighted by Gasteiger charge is -2.31. The molecule has 1 unspecified atom stereocenters. The first-order valence-corrected chi connectivity index (χ1v) is 9.02. The number of benzene rings is 1. The number of imidazole rings is 1. The molecule has 6 nitrogen and oxygen atoms in total. The first-order valence-electron chi connectivity index (χ1n) is 8.14. The van der Waals surface area contributed by atoms with Crippen LogP contribution in [0.1, 0.15) is 24.6 Å². The highest BCUT2D eigenvalue weighted by molar-refractivity contribution is 7.13. The molecule has 3 aromatic rings. The number of likely N-dealkylation sites (tertiary alicyclic amines) is 1. The first kappa shape index (κ1) is 15.3. The Kier molecular flexibility index (Phi) is 4.27. The third-order valence-electron chi connectivity index (χ3n) is 4.35. The van der Waals surface area contributed by atoms with Crippen LogP contribution in [-0.4, -0.2) is 45.4 Å². The van der Waals surface area contributed by atoms with Crippen LogP contribution in [0.4, 0.5) is 5.13 Å². The number of para-hydroxylation sites is 2. The molecule has 0 saturated carbocycles. The van der Waals surface area contributed by atoms with E-state index in [1.165, 1.54) is 11.3 Å². The van der Waals surface area contributed by atoms with Crippen LogP contribution in [-0.2, 0) is 4.79 Å². The predicted molar refractivity (Wildman–Crippen MR) is 95.3 cm³/mol. The van der Waals surface area contributed by atoms with Gasteiger partial charge in [0, 0.05) is 24.0 Å². The van der Waals surface area contributed by atoms with Gasteiger partial charge in [-0.1, -0.05) is 12.1 Å². The fourth-order valence-corrected chi connectivity index (χ4v) is 3.78. The number of hydrogen-bond donors (Lipinski definition) is 2. The summed E-state index contributed by atoms with van der Waals surface area (Å²) in [5, 5.41) is 5.36. The molecule has 0 bridgehead atoms. The summed E-state index contributed by atoms with van der Waals surface area (Å²) in [6, 6.07) is 8.09. The number of aromatic nitrogens is 3. The van der Waals surface area contributed by atoms with Gasteiger partial charge in [-0.05, 0) is 31.5 Å². The number of thiazole rings is 1. The van der Waals surface area contributed by atoms with Gasteiger partial charge in [0.05, 0.1) is 17.6 Å². The lowest BCUT2D eigenvalue weighted by atomic mass is 9.97. The molecule has 0 aliphatic carbocycles. The van der Waals surface area contributed by atoms with E-state index in [2.05, 4.69) is 20.2 Å². The topological polar surface area (TPSA) is 73.9 Å². The lowest BCUT2D eigenvalue weighted by Crippen LogP contribution is -2.40. The van der Waals surface area contributed by atoms with E-state index in [9.17, 15) is 4.79 Å². The smallest absolute Gasteiger partial charge is 0.240 e.